The van der Waals surface area contributed by atoms with Crippen LogP contribution in [0.25, 0.3) is 0 Å². The van der Waals surface area contributed by atoms with Crippen molar-refractivity contribution in [2.45, 2.75) is 38.3 Å². The van der Waals surface area contributed by atoms with Crippen LogP contribution in [0.2, 0.25) is 0 Å². The minimum absolute atomic E-state index is 0.0173. The number of carboxylic acid groups (broad SMARTS) is 1. The number of aliphatic hydroxyl groups excluding tert-OH is 1. The molecule has 2 aliphatic rings. The number of nitrogens with zero attached hydrogens (tertiary/aromatic N) is 3. The van der Waals surface area contributed by atoms with Gasteiger partial charge in [0.25, 0.3) is 5.91 Å². The van der Waals surface area contributed by atoms with Gasteiger partial charge in [0.05, 0.1) is 29.8 Å². The third-order valence-corrected chi connectivity index (χ3v) is 7.08. The van der Waals surface area contributed by atoms with Crippen molar-refractivity contribution in [3.63, 3.8) is 0 Å². The van der Waals surface area contributed by atoms with E-state index in [1.54, 1.807) is 6.92 Å². The normalized spacial score (nSPS) is 21.7. The second-order valence-corrected chi connectivity index (χ2v) is 9.86. The number of benzene rings is 1. The Kier molecular flexibility index (Phi) is 7.76. The van der Waals surface area contributed by atoms with Crippen LogP contribution in [0.15, 0.2) is 48.1 Å². The van der Waals surface area contributed by atoms with Crippen molar-refractivity contribution in [2.75, 3.05) is 24.6 Å². The number of carbonyl (C=O) groups excluding carboxylic acids is 1. The highest BCUT2D eigenvalue weighted by molar-refractivity contribution is 6.01. The van der Waals surface area contributed by atoms with Crippen molar-refractivity contribution >= 4 is 17.7 Å². The first-order valence-electron chi connectivity index (χ1n) is 12.3. The zero-order valence-corrected chi connectivity index (χ0v) is 21.3. The van der Waals surface area contributed by atoms with E-state index in [1.807, 2.05) is 0 Å². The molecular formula is C26H26F6N4O4. The molecule has 216 valence electrons. The molecule has 1 aromatic carbocycles. The summed E-state index contributed by atoms with van der Waals surface area (Å²) < 4.78 is 83.2. The second kappa shape index (κ2) is 10.6. The first kappa shape index (κ1) is 29.2. The van der Waals surface area contributed by atoms with Crippen molar-refractivity contribution in [1.29, 1.82) is 0 Å². The molecule has 0 saturated carbocycles. The highest BCUT2D eigenvalue weighted by atomic mass is 19.4. The van der Waals surface area contributed by atoms with Gasteiger partial charge in [-0.2, -0.15) is 31.4 Å². The Balaban J connectivity index is 1.70. The van der Waals surface area contributed by atoms with Crippen molar-refractivity contribution < 1.29 is 46.1 Å². The number of carboxylic acids is 1. The summed E-state index contributed by atoms with van der Waals surface area (Å²) >= 11 is 0. The van der Waals surface area contributed by atoms with Crippen LogP contribution in [-0.4, -0.2) is 57.7 Å². The lowest BCUT2D eigenvalue weighted by Gasteiger charge is -2.29. The fraction of sp³-hybridized carbons (Fsp3) is 0.423. The lowest BCUT2D eigenvalue weighted by molar-refractivity contribution is -0.142. The second-order valence-electron chi connectivity index (χ2n) is 9.86. The fourth-order valence-corrected chi connectivity index (χ4v) is 4.87. The lowest BCUT2D eigenvalue weighted by atomic mass is 9.86. The van der Waals surface area contributed by atoms with Crippen LogP contribution in [0.4, 0.5) is 32.2 Å². The Bertz CT molecular complexity index is 1350. The molecule has 2 heterocycles. The monoisotopic (exact) mass is 572 g/mol. The molecule has 0 saturated heterocycles. The summed E-state index contributed by atoms with van der Waals surface area (Å²) in [5, 5.41) is 25.0. The van der Waals surface area contributed by atoms with Gasteiger partial charge in [0, 0.05) is 19.0 Å². The predicted octanol–water partition coefficient (Wildman–Crippen LogP) is 4.76. The van der Waals surface area contributed by atoms with E-state index >= 15 is 0 Å². The van der Waals surface area contributed by atoms with Crippen molar-refractivity contribution in [3.05, 3.63) is 70.5 Å². The van der Waals surface area contributed by atoms with E-state index in [0.29, 0.717) is 5.56 Å². The number of nitrogens with one attached hydrogen (secondary N) is 1. The molecule has 40 heavy (non-hydrogen) atoms. The lowest BCUT2D eigenvalue weighted by Crippen LogP contribution is -2.35. The molecule has 1 aliphatic heterocycles. The van der Waals surface area contributed by atoms with Crippen LogP contribution in [0.3, 0.4) is 0 Å². The number of aliphatic hydroxyl groups is 1. The maximum absolute atomic E-state index is 14.1. The zero-order chi connectivity index (χ0) is 29.6. The van der Waals surface area contributed by atoms with Gasteiger partial charge in [-0.1, -0.05) is 37.3 Å². The Hall–Kier alpha value is -3.81. The highest BCUT2D eigenvalue weighted by Crippen LogP contribution is 2.42. The quantitative estimate of drug-likeness (QED) is 0.414. The first-order chi connectivity index (χ1) is 18.6. The van der Waals surface area contributed by atoms with Crippen LogP contribution < -0.4 is 10.2 Å². The molecule has 1 amide bonds. The molecule has 3 N–H and O–H groups in total. The number of fused-ring (bicyclic) bond motifs is 1. The third-order valence-electron chi connectivity index (χ3n) is 7.08. The fourth-order valence-electron chi connectivity index (χ4n) is 4.87. The van der Waals surface area contributed by atoms with E-state index in [2.05, 4.69) is 10.4 Å². The maximum atomic E-state index is 14.1. The molecule has 0 spiro atoms. The van der Waals surface area contributed by atoms with E-state index < -0.39 is 65.7 Å². The van der Waals surface area contributed by atoms with Crippen molar-refractivity contribution in [2.24, 2.45) is 11.8 Å². The number of alkyl halides is 6. The summed E-state index contributed by atoms with van der Waals surface area (Å²) in [6, 6.07) is 3.61. The molecule has 2 aromatic rings. The van der Waals surface area contributed by atoms with Gasteiger partial charge in [-0.25, -0.2) is 9.48 Å². The summed E-state index contributed by atoms with van der Waals surface area (Å²) in [5.74, 6) is -3.69. The predicted molar refractivity (Wildman–Crippen MR) is 131 cm³/mol. The van der Waals surface area contributed by atoms with Crippen LogP contribution in [-0.2, 0) is 6.18 Å². The smallest absolute Gasteiger partial charge is 0.436 e. The molecule has 0 bridgehead atoms. The Morgan fingerprint density at radius 2 is 1.77 bits per heavy atom. The van der Waals surface area contributed by atoms with Gasteiger partial charge in [-0.15, -0.1) is 0 Å². The molecule has 14 heteroatoms. The first-order valence-corrected chi connectivity index (χ1v) is 12.3. The van der Waals surface area contributed by atoms with E-state index in [1.165, 1.54) is 42.2 Å². The number of carbonyl (C=O) groups is 2. The SMILES string of the molecule is CC1C=CC(C(F)(F)F)=CC1CN1C[C@@H](CO)n2nc(C(F)(F)F)c(C(=O)N[C@@H](C)c3ccc(C(=O)O)cc3)c21. The molecular weight excluding hydrogens is 546 g/mol. The van der Waals surface area contributed by atoms with Crippen molar-refractivity contribution in [1.82, 2.24) is 15.1 Å². The van der Waals surface area contributed by atoms with E-state index in [9.17, 15) is 41.0 Å². The van der Waals surface area contributed by atoms with Crippen LogP contribution >= 0.6 is 0 Å². The zero-order valence-electron chi connectivity index (χ0n) is 21.3. The highest BCUT2D eigenvalue weighted by Gasteiger charge is 2.46. The van der Waals surface area contributed by atoms with Crippen molar-refractivity contribution in [3.8, 4) is 0 Å². The molecule has 8 nitrogen and oxygen atoms in total. The van der Waals surface area contributed by atoms with E-state index in [4.69, 9.17) is 5.11 Å². The van der Waals surface area contributed by atoms with Crippen LogP contribution in [0.1, 0.15) is 57.9 Å². The minimum Gasteiger partial charge on any atom is -0.478 e. The maximum Gasteiger partial charge on any atom is 0.436 e. The largest absolute Gasteiger partial charge is 0.478 e. The Morgan fingerprint density at radius 3 is 2.33 bits per heavy atom. The van der Waals surface area contributed by atoms with Gasteiger partial charge in [-0.05, 0) is 30.5 Å². The average molecular weight is 573 g/mol. The third kappa shape index (κ3) is 5.71. The van der Waals surface area contributed by atoms with Gasteiger partial charge in [0.1, 0.15) is 11.4 Å². The van der Waals surface area contributed by atoms with Gasteiger partial charge in [0.15, 0.2) is 5.69 Å². The van der Waals surface area contributed by atoms with E-state index in [0.717, 1.165) is 16.8 Å². The van der Waals surface area contributed by atoms with Gasteiger partial charge >= 0.3 is 18.3 Å². The van der Waals surface area contributed by atoms with Crippen LogP contribution in [0, 0.1) is 11.8 Å². The molecule has 1 aromatic heterocycles. The Morgan fingerprint density at radius 1 is 1.12 bits per heavy atom. The molecule has 4 rings (SSSR count). The molecule has 1 aliphatic carbocycles. The molecule has 0 fully saturated rings. The topological polar surface area (TPSA) is 108 Å². The number of aromatic carboxylic acids is 1. The minimum atomic E-state index is -5.05. The number of hydrogen-bond donors (Lipinski definition) is 3. The number of aromatic nitrogens is 2. The number of allylic oxidation sites excluding steroid dienone is 3. The van der Waals surface area contributed by atoms with Gasteiger partial charge in [0.2, 0.25) is 0 Å². The number of anilines is 1. The summed E-state index contributed by atoms with van der Waals surface area (Å²) in [7, 11) is 0. The molecule has 2 unspecified atom stereocenters. The molecule has 4 atom stereocenters. The average Bonchev–Trinajstić information content (AvgIpc) is 3.42. The molecule has 0 radical (unpaired) electrons. The summed E-state index contributed by atoms with van der Waals surface area (Å²) in [4.78, 5) is 25.8. The number of amides is 1. The summed E-state index contributed by atoms with van der Waals surface area (Å²) in [6.45, 7) is 2.34. The number of hydrogen-bond acceptors (Lipinski definition) is 5. The summed E-state index contributed by atoms with van der Waals surface area (Å²) in [6.07, 6.45) is -6.31. The number of halogens is 6. The van der Waals surface area contributed by atoms with Gasteiger partial charge in [-0.3, -0.25) is 4.79 Å². The Labute approximate surface area is 224 Å². The number of rotatable bonds is 7. The standard InChI is InChI=1S/C26H26F6N4O4/c1-13-3-8-18(25(27,28)29)9-17(13)10-35-11-19(12-37)36-23(35)20(21(34-36)26(30,31)32)22(38)33-14(2)15-4-6-16(7-5-15)24(39)40/h3-9,13-14,17,19,37H,10-12H2,1-2H3,(H,33,38)(H,39,40)/t13?,14-,17?,19-/m0/s1. The van der Waals surface area contributed by atoms with E-state index in [-0.39, 0.29) is 30.4 Å². The van der Waals surface area contributed by atoms with Gasteiger partial charge < -0.3 is 20.4 Å². The summed E-state index contributed by atoms with van der Waals surface area (Å²) in [5.41, 5.74) is -2.76. The van der Waals surface area contributed by atoms with Crippen LogP contribution in [0.5, 0.6) is 0 Å².